The van der Waals surface area contributed by atoms with E-state index >= 15 is 0 Å². The smallest absolute Gasteiger partial charge is 0.313 e. The monoisotopic (exact) mass is 333 g/mol. The minimum absolute atomic E-state index is 0.0201. The van der Waals surface area contributed by atoms with E-state index in [1.807, 2.05) is 0 Å². The molecule has 0 fully saturated rings. The summed E-state index contributed by atoms with van der Waals surface area (Å²) >= 11 is 11.7. The zero-order valence-electron chi connectivity index (χ0n) is 11.7. The van der Waals surface area contributed by atoms with E-state index in [0.29, 0.717) is 11.6 Å². The summed E-state index contributed by atoms with van der Waals surface area (Å²) in [7, 11) is 3.58. The van der Waals surface area contributed by atoms with Crippen LogP contribution in [0.3, 0.4) is 0 Å². The molecular formula is C13H17Cl2N3O3. The van der Waals surface area contributed by atoms with Gasteiger partial charge in [0, 0.05) is 18.1 Å². The van der Waals surface area contributed by atoms with Crippen molar-refractivity contribution in [1.29, 1.82) is 0 Å². The first-order chi connectivity index (χ1) is 9.79. The summed E-state index contributed by atoms with van der Waals surface area (Å²) in [6, 6.07) is 4.52. The summed E-state index contributed by atoms with van der Waals surface area (Å²) < 4.78 is 0. The average molecular weight is 334 g/mol. The fraction of sp³-hybridized carbons (Fsp3) is 0.385. The van der Waals surface area contributed by atoms with Crippen LogP contribution in [0.1, 0.15) is 0 Å². The van der Waals surface area contributed by atoms with E-state index in [2.05, 4.69) is 10.6 Å². The molecule has 1 atom stereocenters. The van der Waals surface area contributed by atoms with E-state index in [0.717, 1.165) is 0 Å². The molecule has 1 aromatic rings. The first kappa shape index (κ1) is 17.7. The van der Waals surface area contributed by atoms with Gasteiger partial charge in [0.05, 0.1) is 16.8 Å². The van der Waals surface area contributed by atoms with Gasteiger partial charge in [-0.25, -0.2) is 0 Å². The Morgan fingerprint density at radius 1 is 1.29 bits per heavy atom. The topological polar surface area (TPSA) is 81.7 Å². The largest absolute Gasteiger partial charge is 0.390 e. The van der Waals surface area contributed by atoms with Crippen LogP contribution in [0.25, 0.3) is 0 Å². The van der Waals surface area contributed by atoms with Gasteiger partial charge in [0.2, 0.25) is 0 Å². The number of carbonyl (C=O) groups is 2. The van der Waals surface area contributed by atoms with E-state index in [1.165, 1.54) is 12.1 Å². The summed E-state index contributed by atoms with van der Waals surface area (Å²) in [4.78, 5) is 25.1. The minimum atomic E-state index is -0.879. The molecule has 0 spiro atoms. The third kappa shape index (κ3) is 6.31. The number of anilines is 1. The average Bonchev–Trinajstić information content (AvgIpc) is 2.39. The van der Waals surface area contributed by atoms with Crippen molar-refractivity contribution in [2.24, 2.45) is 0 Å². The Hall–Kier alpha value is -1.34. The van der Waals surface area contributed by atoms with Gasteiger partial charge in [0.15, 0.2) is 0 Å². The van der Waals surface area contributed by atoms with Gasteiger partial charge < -0.3 is 20.6 Å². The van der Waals surface area contributed by atoms with Crippen molar-refractivity contribution < 1.29 is 14.7 Å². The van der Waals surface area contributed by atoms with Crippen LogP contribution >= 0.6 is 23.2 Å². The molecule has 0 saturated carbocycles. The fourth-order valence-corrected chi connectivity index (χ4v) is 1.89. The molecule has 1 rings (SSSR count). The minimum Gasteiger partial charge on any atom is -0.390 e. The van der Waals surface area contributed by atoms with Crippen LogP contribution in [-0.4, -0.2) is 55.1 Å². The molecule has 0 saturated heterocycles. The summed E-state index contributed by atoms with van der Waals surface area (Å²) in [5, 5.41) is 14.9. The number of aliphatic hydroxyl groups excluding tert-OH is 1. The normalized spacial score (nSPS) is 12.1. The summed E-state index contributed by atoms with van der Waals surface area (Å²) in [5.74, 6) is -1.74. The number of rotatable bonds is 5. The molecule has 3 N–H and O–H groups in total. The highest BCUT2D eigenvalue weighted by molar-refractivity contribution is 6.42. The highest BCUT2D eigenvalue weighted by Crippen LogP contribution is 2.25. The lowest BCUT2D eigenvalue weighted by Gasteiger charge is -2.16. The quantitative estimate of drug-likeness (QED) is 0.701. The first-order valence-corrected chi connectivity index (χ1v) is 6.92. The van der Waals surface area contributed by atoms with Gasteiger partial charge in [0.1, 0.15) is 0 Å². The van der Waals surface area contributed by atoms with Crippen LogP contribution in [0.15, 0.2) is 18.2 Å². The number of amides is 2. The van der Waals surface area contributed by atoms with Crippen molar-refractivity contribution in [2.45, 2.75) is 6.10 Å². The van der Waals surface area contributed by atoms with Crippen LogP contribution in [0.2, 0.25) is 10.0 Å². The Balaban J connectivity index is 2.51. The molecule has 8 heteroatoms. The summed E-state index contributed by atoms with van der Waals surface area (Å²) in [5.41, 5.74) is 0.248. The van der Waals surface area contributed by atoms with Crippen molar-refractivity contribution >= 4 is 40.7 Å². The van der Waals surface area contributed by atoms with Crippen molar-refractivity contribution in [3.8, 4) is 0 Å². The Morgan fingerprint density at radius 2 is 1.95 bits per heavy atom. The van der Waals surface area contributed by atoms with E-state index in [4.69, 9.17) is 23.2 Å². The van der Waals surface area contributed by atoms with Crippen molar-refractivity contribution in [1.82, 2.24) is 10.2 Å². The number of hydrogen-bond acceptors (Lipinski definition) is 4. The number of likely N-dealkylation sites (N-methyl/N-ethyl adjacent to an activating group) is 1. The van der Waals surface area contributed by atoms with Gasteiger partial charge in [-0.2, -0.15) is 0 Å². The molecule has 0 aliphatic heterocycles. The number of nitrogens with zero attached hydrogens (tertiary/aromatic N) is 1. The van der Waals surface area contributed by atoms with E-state index < -0.39 is 17.9 Å². The maximum absolute atomic E-state index is 11.7. The molecule has 0 aliphatic rings. The van der Waals surface area contributed by atoms with Crippen LogP contribution < -0.4 is 10.6 Å². The first-order valence-electron chi connectivity index (χ1n) is 6.16. The second-order valence-electron chi connectivity index (χ2n) is 4.70. The summed E-state index contributed by atoms with van der Waals surface area (Å²) in [6.07, 6.45) is -0.758. The molecule has 2 amide bonds. The third-order valence-corrected chi connectivity index (χ3v) is 3.02. The number of halogens is 2. The molecule has 116 valence electrons. The van der Waals surface area contributed by atoms with E-state index in [9.17, 15) is 14.7 Å². The highest BCUT2D eigenvalue weighted by atomic mass is 35.5. The van der Waals surface area contributed by atoms with E-state index in [1.54, 1.807) is 25.1 Å². The lowest BCUT2D eigenvalue weighted by atomic mass is 10.3. The van der Waals surface area contributed by atoms with Crippen molar-refractivity contribution in [2.75, 3.05) is 32.5 Å². The van der Waals surface area contributed by atoms with Gasteiger partial charge in [-0.05, 0) is 32.3 Å². The van der Waals surface area contributed by atoms with Gasteiger partial charge in [-0.15, -0.1) is 0 Å². The SMILES string of the molecule is CN(C)CC(O)CNC(=O)C(=O)Nc1cc(Cl)ccc1Cl. The van der Waals surface area contributed by atoms with Gasteiger partial charge in [0.25, 0.3) is 0 Å². The van der Waals surface area contributed by atoms with Crippen LogP contribution in [0, 0.1) is 0 Å². The maximum atomic E-state index is 11.7. The second kappa shape index (κ2) is 8.19. The molecule has 0 aliphatic carbocycles. The van der Waals surface area contributed by atoms with Gasteiger partial charge >= 0.3 is 11.8 Å². The molecule has 0 radical (unpaired) electrons. The lowest BCUT2D eigenvalue weighted by molar-refractivity contribution is -0.136. The van der Waals surface area contributed by atoms with Crippen molar-refractivity contribution in [3.05, 3.63) is 28.2 Å². The van der Waals surface area contributed by atoms with Gasteiger partial charge in [-0.3, -0.25) is 9.59 Å². The molecule has 6 nitrogen and oxygen atoms in total. The fourth-order valence-electron chi connectivity index (χ4n) is 1.55. The van der Waals surface area contributed by atoms with Crippen LogP contribution in [-0.2, 0) is 9.59 Å². The molecule has 1 unspecified atom stereocenters. The Labute approximate surface area is 133 Å². The summed E-state index contributed by atoms with van der Waals surface area (Å²) in [6.45, 7) is 0.357. The van der Waals surface area contributed by atoms with Crippen LogP contribution in [0.5, 0.6) is 0 Å². The van der Waals surface area contributed by atoms with Crippen LogP contribution in [0.4, 0.5) is 5.69 Å². The molecule has 0 bridgehead atoms. The molecule has 1 aromatic carbocycles. The molecular weight excluding hydrogens is 317 g/mol. The number of aliphatic hydroxyl groups is 1. The standard InChI is InChI=1S/C13H17Cl2N3O3/c1-18(2)7-9(19)6-16-12(20)13(21)17-11-5-8(14)3-4-10(11)15/h3-5,9,19H,6-7H2,1-2H3,(H,16,20)(H,17,21). The number of hydrogen-bond donors (Lipinski definition) is 3. The molecule has 21 heavy (non-hydrogen) atoms. The lowest BCUT2D eigenvalue weighted by Crippen LogP contribution is -2.42. The maximum Gasteiger partial charge on any atom is 0.313 e. The third-order valence-electron chi connectivity index (χ3n) is 2.46. The molecule has 0 heterocycles. The van der Waals surface area contributed by atoms with Crippen molar-refractivity contribution in [3.63, 3.8) is 0 Å². The zero-order chi connectivity index (χ0) is 16.0. The Morgan fingerprint density at radius 3 is 2.57 bits per heavy atom. The molecule has 0 aromatic heterocycles. The number of benzene rings is 1. The van der Waals surface area contributed by atoms with Gasteiger partial charge in [-0.1, -0.05) is 23.2 Å². The Kier molecular flexibility index (Phi) is 6.91. The second-order valence-corrected chi connectivity index (χ2v) is 5.55. The predicted molar refractivity (Wildman–Crippen MR) is 82.7 cm³/mol. The predicted octanol–water partition coefficient (Wildman–Crippen LogP) is 0.971. The van der Waals surface area contributed by atoms with E-state index in [-0.39, 0.29) is 17.3 Å². The number of carbonyl (C=O) groups excluding carboxylic acids is 2. The highest BCUT2D eigenvalue weighted by Gasteiger charge is 2.16. The zero-order valence-corrected chi connectivity index (χ0v) is 13.2. The Bertz CT molecular complexity index is 523. The number of nitrogens with one attached hydrogen (secondary N) is 2.